The van der Waals surface area contributed by atoms with Crippen molar-refractivity contribution in [3.05, 3.63) is 60.5 Å². The molecule has 22 heavy (non-hydrogen) atoms. The van der Waals surface area contributed by atoms with E-state index in [0.29, 0.717) is 12.4 Å². The maximum atomic E-state index is 9.29. The summed E-state index contributed by atoms with van der Waals surface area (Å²) < 4.78 is 10.6. The summed E-state index contributed by atoms with van der Waals surface area (Å²) in [5.41, 5.74) is 2.61. The molecular formula is C17H16N2O3. The van der Waals surface area contributed by atoms with Gasteiger partial charge in [0.15, 0.2) is 0 Å². The van der Waals surface area contributed by atoms with Crippen molar-refractivity contribution >= 4 is 5.69 Å². The molecular weight excluding hydrogens is 280 g/mol. The number of rotatable bonds is 5. The number of methoxy groups -OCH3 is 1. The lowest BCUT2D eigenvalue weighted by Crippen LogP contribution is -1.99. The Kier molecular flexibility index (Phi) is 3.96. The number of ether oxygens (including phenoxy) is 1. The zero-order valence-corrected chi connectivity index (χ0v) is 12.1. The summed E-state index contributed by atoms with van der Waals surface area (Å²) in [5.74, 6) is 1.57. The van der Waals surface area contributed by atoms with Gasteiger partial charge in [-0.1, -0.05) is 0 Å². The van der Waals surface area contributed by atoms with Crippen LogP contribution in [0.25, 0.3) is 11.5 Å². The summed E-state index contributed by atoms with van der Waals surface area (Å²) in [6, 6.07) is 14.4. The molecule has 0 spiro atoms. The standard InChI is InChI=1S/C17H16N2O3/c1-21-16-8-4-13(5-9-16)18-10-14-11-22-17(19-14)12-2-6-15(20)7-3-12/h2-9,11,18,20H,10H2,1H3. The molecule has 5 nitrogen and oxygen atoms in total. The maximum Gasteiger partial charge on any atom is 0.226 e. The van der Waals surface area contributed by atoms with Crippen LogP contribution in [0.15, 0.2) is 59.2 Å². The second kappa shape index (κ2) is 6.22. The summed E-state index contributed by atoms with van der Waals surface area (Å²) in [6.07, 6.45) is 1.62. The van der Waals surface area contributed by atoms with Crippen molar-refractivity contribution in [1.82, 2.24) is 4.98 Å². The fraction of sp³-hybridized carbons (Fsp3) is 0.118. The lowest BCUT2D eigenvalue weighted by atomic mass is 10.2. The van der Waals surface area contributed by atoms with Crippen molar-refractivity contribution in [3.8, 4) is 23.0 Å². The van der Waals surface area contributed by atoms with Crippen LogP contribution in [0.4, 0.5) is 5.69 Å². The highest BCUT2D eigenvalue weighted by atomic mass is 16.5. The summed E-state index contributed by atoms with van der Waals surface area (Å²) in [4.78, 5) is 4.42. The first-order valence-corrected chi connectivity index (χ1v) is 6.86. The summed E-state index contributed by atoms with van der Waals surface area (Å²) in [5, 5.41) is 12.6. The number of anilines is 1. The van der Waals surface area contributed by atoms with Crippen LogP contribution in [0.1, 0.15) is 5.69 Å². The third-order valence-corrected chi connectivity index (χ3v) is 3.23. The number of phenolic OH excluding ortho intramolecular Hbond substituents is 1. The normalized spacial score (nSPS) is 10.4. The van der Waals surface area contributed by atoms with Crippen LogP contribution in [0.5, 0.6) is 11.5 Å². The zero-order valence-electron chi connectivity index (χ0n) is 12.1. The second-order valence-electron chi connectivity index (χ2n) is 4.77. The van der Waals surface area contributed by atoms with E-state index in [1.165, 1.54) is 0 Å². The molecule has 0 unspecified atom stereocenters. The molecule has 0 saturated heterocycles. The predicted octanol–water partition coefficient (Wildman–Crippen LogP) is 3.67. The molecule has 2 N–H and O–H groups in total. The van der Waals surface area contributed by atoms with Gasteiger partial charge in [-0.15, -0.1) is 0 Å². The van der Waals surface area contributed by atoms with Crippen LogP contribution < -0.4 is 10.1 Å². The Morgan fingerprint density at radius 2 is 1.82 bits per heavy atom. The molecule has 0 aliphatic carbocycles. The van der Waals surface area contributed by atoms with E-state index in [0.717, 1.165) is 22.7 Å². The number of nitrogens with one attached hydrogen (secondary N) is 1. The number of aromatic nitrogens is 1. The van der Waals surface area contributed by atoms with Crippen LogP contribution >= 0.6 is 0 Å². The third-order valence-electron chi connectivity index (χ3n) is 3.23. The third kappa shape index (κ3) is 3.20. The summed E-state index contributed by atoms with van der Waals surface area (Å²) >= 11 is 0. The number of oxazole rings is 1. The fourth-order valence-electron chi connectivity index (χ4n) is 2.03. The first kappa shape index (κ1) is 14.0. The number of nitrogens with zero attached hydrogens (tertiary/aromatic N) is 1. The van der Waals surface area contributed by atoms with Gasteiger partial charge in [-0.25, -0.2) is 4.98 Å². The van der Waals surface area contributed by atoms with Gasteiger partial charge in [0, 0.05) is 11.3 Å². The van der Waals surface area contributed by atoms with E-state index < -0.39 is 0 Å². The van der Waals surface area contributed by atoms with Crippen molar-refractivity contribution in [3.63, 3.8) is 0 Å². The van der Waals surface area contributed by atoms with Crippen LogP contribution in [0.3, 0.4) is 0 Å². The molecule has 0 fully saturated rings. The van der Waals surface area contributed by atoms with Gasteiger partial charge < -0.3 is 19.6 Å². The van der Waals surface area contributed by atoms with Crippen molar-refractivity contribution < 1.29 is 14.3 Å². The molecule has 0 aliphatic heterocycles. The van der Waals surface area contributed by atoms with Gasteiger partial charge in [-0.2, -0.15) is 0 Å². The van der Waals surface area contributed by atoms with Gasteiger partial charge in [-0.3, -0.25) is 0 Å². The van der Waals surface area contributed by atoms with E-state index in [9.17, 15) is 5.11 Å². The Labute approximate surface area is 128 Å². The lowest BCUT2D eigenvalue weighted by molar-refractivity contribution is 0.415. The number of benzene rings is 2. The highest BCUT2D eigenvalue weighted by Gasteiger charge is 2.06. The Balaban J connectivity index is 1.65. The van der Waals surface area contributed by atoms with Crippen LogP contribution in [0.2, 0.25) is 0 Å². The molecule has 0 aliphatic rings. The number of hydrogen-bond donors (Lipinski definition) is 2. The fourth-order valence-corrected chi connectivity index (χ4v) is 2.03. The Morgan fingerprint density at radius 3 is 2.50 bits per heavy atom. The van der Waals surface area contributed by atoms with Crippen molar-refractivity contribution in [1.29, 1.82) is 0 Å². The van der Waals surface area contributed by atoms with Crippen molar-refractivity contribution in [2.75, 3.05) is 12.4 Å². The molecule has 112 valence electrons. The average Bonchev–Trinajstić information content (AvgIpc) is 3.03. The van der Waals surface area contributed by atoms with Crippen LogP contribution in [0, 0.1) is 0 Å². The molecule has 0 amide bonds. The quantitative estimate of drug-likeness (QED) is 0.752. The largest absolute Gasteiger partial charge is 0.508 e. The van der Waals surface area contributed by atoms with Crippen molar-refractivity contribution in [2.24, 2.45) is 0 Å². The van der Waals surface area contributed by atoms with E-state index in [4.69, 9.17) is 9.15 Å². The van der Waals surface area contributed by atoms with Gasteiger partial charge >= 0.3 is 0 Å². The van der Waals surface area contributed by atoms with Gasteiger partial charge in [-0.05, 0) is 48.5 Å². The molecule has 3 rings (SSSR count). The molecule has 3 aromatic rings. The Bertz CT molecular complexity index is 733. The molecule has 0 atom stereocenters. The minimum Gasteiger partial charge on any atom is -0.508 e. The smallest absolute Gasteiger partial charge is 0.226 e. The van der Waals surface area contributed by atoms with Crippen LogP contribution in [-0.2, 0) is 6.54 Å². The lowest BCUT2D eigenvalue weighted by Gasteiger charge is -2.05. The average molecular weight is 296 g/mol. The maximum absolute atomic E-state index is 9.29. The highest BCUT2D eigenvalue weighted by Crippen LogP contribution is 2.22. The molecule has 1 heterocycles. The predicted molar refractivity (Wildman–Crippen MR) is 83.9 cm³/mol. The summed E-state index contributed by atoms with van der Waals surface area (Å²) in [7, 11) is 1.64. The Hall–Kier alpha value is -2.95. The van der Waals surface area contributed by atoms with E-state index >= 15 is 0 Å². The summed E-state index contributed by atoms with van der Waals surface area (Å²) in [6.45, 7) is 0.563. The van der Waals surface area contributed by atoms with Gasteiger partial charge in [0.25, 0.3) is 0 Å². The first-order valence-electron chi connectivity index (χ1n) is 6.86. The van der Waals surface area contributed by atoms with Crippen LogP contribution in [-0.4, -0.2) is 17.2 Å². The Morgan fingerprint density at radius 1 is 1.09 bits per heavy atom. The van der Waals surface area contributed by atoms with E-state index in [2.05, 4.69) is 10.3 Å². The first-order chi connectivity index (χ1) is 10.7. The highest BCUT2D eigenvalue weighted by molar-refractivity contribution is 5.54. The SMILES string of the molecule is COc1ccc(NCc2coc(-c3ccc(O)cc3)n2)cc1. The molecule has 0 bridgehead atoms. The monoisotopic (exact) mass is 296 g/mol. The number of hydrogen-bond acceptors (Lipinski definition) is 5. The van der Waals surface area contributed by atoms with E-state index in [1.54, 1.807) is 37.6 Å². The van der Waals surface area contributed by atoms with E-state index in [1.807, 2.05) is 24.3 Å². The van der Waals surface area contributed by atoms with E-state index in [-0.39, 0.29) is 5.75 Å². The molecule has 0 saturated carbocycles. The van der Waals surface area contributed by atoms with Gasteiger partial charge in [0.05, 0.1) is 19.3 Å². The molecule has 2 aromatic carbocycles. The molecule has 5 heteroatoms. The topological polar surface area (TPSA) is 67.5 Å². The molecule has 0 radical (unpaired) electrons. The van der Waals surface area contributed by atoms with Gasteiger partial charge in [0.1, 0.15) is 17.8 Å². The minimum absolute atomic E-state index is 0.219. The number of phenols is 1. The molecule has 1 aromatic heterocycles. The minimum atomic E-state index is 0.219. The van der Waals surface area contributed by atoms with Gasteiger partial charge in [0.2, 0.25) is 5.89 Å². The zero-order chi connectivity index (χ0) is 15.4. The van der Waals surface area contributed by atoms with Crippen molar-refractivity contribution in [2.45, 2.75) is 6.54 Å². The number of aromatic hydroxyl groups is 1. The second-order valence-corrected chi connectivity index (χ2v) is 4.77.